The van der Waals surface area contributed by atoms with Crippen LogP contribution in [0.5, 0.6) is 0 Å². The van der Waals surface area contributed by atoms with Gasteiger partial charge in [-0.05, 0) is 62.2 Å². The third-order valence-electron chi connectivity index (χ3n) is 6.58. The molecule has 0 radical (unpaired) electrons. The van der Waals surface area contributed by atoms with Gasteiger partial charge in [-0.3, -0.25) is 9.59 Å². The Kier molecular flexibility index (Phi) is 6.98. The van der Waals surface area contributed by atoms with Crippen molar-refractivity contribution in [2.24, 2.45) is 0 Å². The summed E-state index contributed by atoms with van der Waals surface area (Å²) in [5.41, 5.74) is 6.37. The minimum absolute atomic E-state index is 0.157. The summed E-state index contributed by atoms with van der Waals surface area (Å²) >= 11 is 13.4. The quantitative estimate of drug-likeness (QED) is 0.323. The molecule has 0 saturated carbocycles. The lowest BCUT2D eigenvalue weighted by atomic mass is 9.86. The first-order valence-corrected chi connectivity index (χ1v) is 13.5. The molecule has 0 fully saturated rings. The monoisotopic (exact) mass is 548 g/mol. The molecule has 3 N–H and O–H groups in total. The summed E-state index contributed by atoms with van der Waals surface area (Å²) in [5, 5.41) is 10.8. The molecule has 2 aromatic carbocycles. The Labute approximate surface area is 230 Å². The lowest BCUT2D eigenvalue weighted by Gasteiger charge is -2.28. The number of fused-ring (bicyclic) bond motifs is 3. The van der Waals surface area contributed by atoms with Crippen LogP contribution in [-0.4, -0.2) is 27.1 Å². The molecule has 0 spiro atoms. The molecule has 9 heteroatoms. The first kappa shape index (κ1) is 25.3. The number of thioether (sulfide) groups is 1. The van der Waals surface area contributed by atoms with Crippen molar-refractivity contribution in [3.05, 3.63) is 105 Å². The number of hydrogen-bond donors (Lipinski definition) is 3. The number of para-hydroxylation sites is 1. The van der Waals surface area contributed by atoms with Gasteiger partial charge >= 0.3 is 0 Å². The van der Waals surface area contributed by atoms with Gasteiger partial charge in [0, 0.05) is 45.1 Å². The van der Waals surface area contributed by atoms with Crippen molar-refractivity contribution in [1.29, 1.82) is 0 Å². The average Bonchev–Trinajstić information content (AvgIpc) is 3.45. The van der Waals surface area contributed by atoms with Crippen molar-refractivity contribution in [3.63, 3.8) is 0 Å². The van der Waals surface area contributed by atoms with E-state index in [1.165, 1.54) is 11.8 Å². The van der Waals surface area contributed by atoms with Gasteiger partial charge in [-0.2, -0.15) is 0 Å². The van der Waals surface area contributed by atoms with E-state index in [-0.39, 0.29) is 23.5 Å². The second-order valence-corrected chi connectivity index (χ2v) is 10.7. The fraction of sp³-hybridized carbons (Fsp3) is 0.179. The molecule has 0 saturated heterocycles. The van der Waals surface area contributed by atoms with E-state index in [4.69, 9.17) is 23.8 Å². The second kappa shape index (κ2) is 10.2. The molecule has 0 bridgehead atoms. The molecular formula is C28H25ClN4O2S2. The van der Waals surface area contributed by atoms with E-state index in [2.05, 4.69) is 16.0 Å². The number of hydrogen-bond acceptors (Lipinski definition) is 5. The molecule has 6 nitrogen and oxygen atoms in total. The average molecular weight is 549 g/mol. The zero-order chi connectivity index (χ0) is 26.3. The Morgan fingerprint density at radius 1 is 1.03 bits per heavy atom. The molecule has 1 aromatic heterocycles. The molecule has 1 atom stereocenters. The highest BCUT2D eigenvalue weighted by atomic mass is 35.5. The number of anilines is 2. The van der Waals surface area contributed by atoms with E-state index in [0.717, 1.165) is 38.8 Å². The molecule has 37 heavy (non-hydrogen) atoms. The predicted molar refractivity (Wildman–Crippen MR) is 155 cm³/mol. The molecule has 188 valence electrons. The lowest BCUT2D eigenvalue weighted by molar-refractivity contribution is -0.114. The van der Waals surface area contributed by atoms with Crippen LogP contribution in [0, 0.1) is 13.8 Å². The third kappa shape index (κ3) is 4.72. The maximum Gasteiger partial charge on any atom is 0.254 e. The molecule has 5 rings (SSSR count). The standard InChI is InChI=1S/C28H25ClN4O2S2/c1-15-8-4-5-10-19(15)32-26(35)23-17(3)30-27(25-24(23)21-12-7-13-33(21)28(25)36)37-14-22(34)31-20-11-6-9-18(29)16(20)2/h4-13,24,30H,14H2,1-3H3,(H,31,34)(H,32,35). The van der Waals surface area contributed by atoms with Crippen LogP contribution in [0.2, 0.25) is 5.02 Å². The Morgan fingerprint density at radius 2 is 1.78 bits per heavy atom. The molecule has 2 amide bonds. The normalized spacial score (nSPS) is 16.3. The summed E-state index contributed by atoms with van der Waals surface area (Å²) < 4.78 is 1.94. The Balaban J connectivity index is 1.41. The van der Waals surface area contributed by atoms with Crippen LogP contribution >= 0.6 is 35.6 Å². The van der Waals surface area contributed by atoms with Crippen molar-refractivity contribution in [3.8, 4) is 0 Å². The van der Waals surface area contributed by atoms with Gasteiger partial charge < -0.3 is 20.5 Å². The number of carbonyl (C=O) groups excluding carboxylic acids is 2. The van der Waals surface area contributed by atoms with E-state index >= 15 is 0 Å². The van der Waals surface area contributed by atoms with Crippen LogP contribution in [0.3, 0.4) is 0 Å². The Bertz CT molecular complexity index is 1520. The van der Waals surface area contributed by atoms with Crippen molar-refractivity contribution < 1.29 is 9.59 Å². The van der Waals surface area contributed by atoms with Crippen LogP contribution in [0.25, 0.3) is 0 Å². The number of dihydropyridines is 1. The summed E-state index contributed by atoms with van der Waals surface area (Å²) in [6, 6.07) is 17.0. The van der Waals surface area contributed by atoms with Gasteiger partial charge in [0.1, 0.15) is 4.99 Å². The zero-order valence-electron chi connectivity index (χ0n) is 20.5. The summed E-state index contributed by atoms with van der Waals surface area (Å²) in [5.74, 6) is -0.499. The molecule has 1 unspecified atom stereocenters. The largest absolute Gasteiger partial charge is 0.353 e. The maximum atomic E-state index is 13.6. The number of nitrogens with one attached hydrogen (secondary N) is 3. The van der Waals surface area contributed by atoms with Crippen LogP contribution in [-0.2, 0) is 9.59 Å². The molecule has 2 aliphatic heterocycles. The smallest absolute Gasteiger partial charge is 0.254 e. The van der Waals surface area contributed by atoms with E-state index in [1.807, 2.05) is 74.0 Å². The van der Waals surface area contributed by atoms with Gasteiger partial charge in [0.25, 0.3) is 5.91 Å². The minimum atomic E-state index is -0.325. The van der Waals surface area contributed by atoms with Crippen molar-refractivity contribution in [2.75, 3.05) is 16.4 Å². The number of nitrogens with zero attached hydrogens (tertiary/aromatic N) is 1. The number of allylic oxidation sites excluding steroid dienone is 2. The lowest BCUT2D eigenvalue weighted by Crippen LogP contribution is -2.31. The maximum absolute atomic E-state index is 13.6. The number of aromatic nitrogens is 1. The number of halogens is 1. The van der Waals surface area contributed by atoms with Crippen LogP contribution in [0.15, 0.2) is 82.7 Å². The highest BCUT2D eigenvalue weighted by Crippen LogP contribution is 2.46. The summed E-state index contributed by atoms with van der Waals surface area (Å²) in [4.78, 5) is 27.0. The molecule has 0 aliphatic carbocycles. The summed E-state index contributed by atoms with van der Waals surface area (Å²) in [6.07, 6.45) is 1.91. The SMILES string of the molecule is CC1=C(C(=O)Nc2ccccc2C)C2C(=C(SCC(=O)Nc3cccc(Cl)c3C)N1)C(=S)n1cccc12. The molecule has 2 aliphatic rings. The van der Waals surface area contributed by atoms with Crippen molar-refractivity contribution in [2.45, 2.75) is 26.7 Å². The van der Waals surface area contributed by atoms with Crippen molar-refractivity contribution >= 4 is 63.8 Å². The van der Waals surface area contributed by atoms with Gasteiger partial charge in [-0.1, -0.05) is 59.8 Å². The number of benzene rings is 2. The number of carbonyl (C=O) groups is 2. The zero-order valence-corrected chi connectivity index (χ0v) is 22.9. The van der Waals surface area contributed by atoms with Gasteiger partial charge in [-0.25, -0.2) is 0 Å². The van der Waals surface area contributed by atoms with E-state index in [1.54, 1.807) is 12.1 Å². The third-order valence-corrected chi connectivity index (χ3v) is 8.42. The van der Waals surface area contributed by atoms with E-state index < -0.39 is 0 Å². The fourth-order valence-electron chi connectivity index (χ4n) is 4.64. The second-order valence-electron chi connectivity index (χ2n) is 8.97. The number of amides is 2. The Hall–Kier alpha value is -3.33. The van der Waals surface area contributed by atoms with Crippen molar-refractivity contribution in [1.82, 2.24) is 9.88 Å². The van der Waals surface area contributed by atoms with E-state index in [0.29, 0.717) is 21.3 Å². The van der Waals surface area contributed by atoms with Crippen LogP contribution < -0.4 is 16.0 Å². The first-order valence-electron chi connectivity index (χ1n) is 11.7. The summed E-state index contributed by atoms with van der Waals surface area (Å²) in [6.45, 7) is 5.71. The highest BCUT2D eigenvalue weighted by molar-refractivity contribution is 8.03. The minimum Gasteiger partial charge on any atom is -0.353 e. The number of thiocarbonyl (C=S) groups is 1. The number of rotatable bonds is 6. The molecule has 3 aromatic rings. The number of aryl methyl sites for hydroxylation is 1. The van der Waals surface area contributed by atoms with Gasteiger partial charge in [0.2, 0.25) is 5.91 Å². The van der Waals surface area contributed by atoms with Crippen LogP contribution in [0.4, 0.5) is 11.4 Å². The first-order chi connectivity index (χ1) is 17.8. The fourth-order valence-corrected chi connectivity index (χ4v) is 6.21. The molecular weight excluding hydrogens is 524 g/mol. The predicted octanol–water partition coefficient (Wildman–Crippen LogP) is 6.13. The summed E-state index contributed by atoms with van der Waals surface area (Å²) in [7, 11) is 0. The Morgan fingerprint density at radius 3 is 2.57 bits per heavy atom. The van der Waals surface area contributed by atoms with E-state index in [9.17, 15) is 9.59 Å². The highest BCUT2D eigenvalue weighted by Gasteiger charge is 2.42. The molecule has 3 heterocycles. The van der Waals surface area contributed by atoms with Gasteiger partial charge in [0.05, 0.1) is 16.7 Å². The van der Waals surface area contributed by atoms with Crippen LogP contribution in [0.1, 0.15) is 29.7 Å². The van der Waals surface area contributed by atoms with Gasteiger partial charge in [-0.15, -0.1) is 0 Å². The topological polar surface area (TPSA) is 75.2 Å². The van der Waals surface area contributed by atoms with Gasteiger partial charge in [0.15, 0.2) is 0 Å².